The summed E-state index contributed by atoms with van der Waals surface area (Å²) in [6.07, 6.45) is 8.90. The van der Waals surface area contributed by atoms with Crippen molar-refractivity contribution in [3.05, 3.63) is 0 Å². The highest BCUT2D eigenvalue weighted by molar-refractivity contribution is 5.13. The molecule has 0 saturated heterocycles. The van der Waals surface area contributed by atoms with E-state index in [0.717, 1.165) is 37.5 Å². The summed E-state index contributed by atoms with van der Waals surface area (Å²) in [5, 5.41) is 20.5. The SMILES string of the molecule is CC(O)C1CCC2C3CCC4C[C@H](O)CCC4(C)C3C(N)CC12C. The first-order chi connectivity index (χ1) is 11.3. The van der Waals surface area contributed by atoms with Gasteiger partial charge in [0, 0.05) is 6.04 Å². The van der Waals surface area contributed by atoms with Gasteiger partial charge in [-0.2, -0.15) is 0 Å². The number of nitrogens with two attached hydrogens (primary N) is 1. The fraction of sp³-hybridized carbons (Fsp3) is 1.00. The van der Waals surface area contributed by atoms with Gasteiger partial charge < -0.3 is 15.9 Å². The van der Waals surface area contributed by atoms with Crippen LogP contribution in [0.5, 0.6) is 0 Å². The van der Waals surface area contributed by atoms with Gasteiger partial charge in [-0.25, -0.2) is 0 Å². The van der Waals surface area contributed by atoms with Crippen LogP contribution in [0.3, 0.4) is 0 Å². The summed E-state index contributed by atoms with van der Waals surface area (Å²) in [6, 6.07) is 0.263. The summed E-state index contributed by atoms with van der Waals surface area (Å²) in [6.45, 7) is 6.90. The van der Waals surface area contributed by atoms with Gasteiger partial charge in [0.05, 0.1) is 12.2 Å². The highest BCUT2D eigenvalue weighted by Gasteiger charge is 2.62. The van der Waals surface area contributed by atoms with Crippen LogP contribution in [0.1, 0.15) is 72.1 Å². The lowest BCUT2D eigenvalue weighted by Gasteiger charge is -2.63. The summed E-state index contributed by atoms with van der Waals surface area (Å²) in [4.78, 5) is 0. The Hall–Kier alpha value is -0.120. The molecule has 4 fully saturated rings. The second-order valence-electron chi connectivity index (χ2n) is 10.3. The first kappa shape index (κ1) is 17.3. The third-order valence-electron chi connectivity index (χ3n) is 9.30. The lowest BCUT2D eigenvalue weighted by molar-refractivity contribution is -0.140. The maximum atomic E-state index is 10.3. The monoisotopic (exact) mass is 335 g/mol. The molecule has 9 unspecified atom stereocenters. The normalized spacial score (nSPS) is 58.5. The summed E-state index contributed by atoms with van der Waals surface area (Å²) in [5.74, 6) is 3.18. The third kappa shape index (κ3) is 2.27. The molecule has 0 aliphatic heterocycles. The van der Waals surface area contributed by atoms with Gasteiger partial charge >= 0.3 is 0 Å². The van der Waals surface area contributed by atoms with E-state index >= 15 is 0 Å². The van der Waals surface area contributed by atoms with Crippen LogP contribution in [-0.4, -0.2) is 28.5 Å². The van der Waals surface area contributed by atoms with E-state index in [4.69, 9.17) is 5.73 Å². The highest BCUT2D eigenvalue weighted by atomic mass is 16.3. The van der Waals surface area contributed by atoms with Crippen LogP contribution in [0.25, 0.3) is 0 Å². The van der Waals surface area contributed by atoms with Crippen molar-refractivity contribution >= 4 is 0 Å². The lowest BCUT2D eigenvalue weighted by atomic mass is 9.43. The molecule has 24 heavy (non-hydrogen) atoms. The van der Waals surface area contributed by atoms with Crippen molar-refractivity contribution in [2.24, 2.45) is 46.2 Å². The topological polar surface area (TPSA) is 66.5 Å². The molecule has 0 heterocycles. The zero-order valence-corrected chi connectivity index (χ0v) is 15.7. The van der Waals surface area contributed by atoms with E-state index in [1.165, 1.54) is 25.7 Å². The fourth-order valence-electron chi connectivity index (χ4n) is 8.33. The minimum Gasteiger partial charge on any atom is -0.393 e. The van der Waals surface area contributed by atoms with Gasteiger partial charge in [0.15, 0.2) is 0 Å². The summed E-state index contributed by atoms with van der Waals surface area (Å²) >= 11 is 0. The predicted molar refractivity (Wildman–Crippen MR) is 96.3 cm³/mol. The maximum Gasteiger partial charge on any atom is 0.0545 e. The van der Waals surface area contributed by atoms with E-state index in [1.54, 1.807) is 0 Å². The Balaban J connectivity index is 1.66. The van der Waals surface area contributed by atoms with E-state index < -0.39 is 0 Å². The zero-order valence-electron chi connectivity index (χ0n) is 15.7. The molecule has 4 rings (SSSR count). The fourth-order valence-corrected chi connectivity index (χ4v) is 8.33. The molecular weight excluding hydrogens is 298 g/mol. The summed E-state index contributed by atoms with van der Waals surface area (Å²) < 4.78 is 0. The van der Waals surface area contributed by atoms with Crippen LogP contribution in [-0.2, 0) is 0 Å². The number of fused-ring (bicyclic) bond motifs is 5. The zero-order chi connectivity index (χ0) is 17.3. The molecule has 0 spiro atoms. The molecule has 4 N–H and O–H groups in total. The van der Waals surface area contributed by atoms with Gasteiger partial charge in [-0.15, -0.1) is 0 Å². The van der Waals surface area contributed by atoms with Crippen molar-refractivity contribution in [1.29, 1.82) is 0 Å². The number of hydrogen-bond acceptors (Lipinski definition) is 3. The van der Waals surface area contributed by atoms with Gasteiger partial charge in [0.2, 0.25) is 0 Å². The quantitative estimate of drug-likeness (QED) is 0.688. The van der Waals surface area contributed by atoms with Gasteiger partial charge in [-0.05, 0) is 98.7 Å². The number of rotatable bonds is 1. The van der Waals surface area contributed by atoms with E-state index in [0.29, 0.717) is 23.2 Å². The van der Waals surface area contributed by atoms with Crippen molar-refractivity contribution in [2.75, 3.05) is 0 Å². The van der Waals surface area contributed by atoms with Crippen LogP contribution in [0, 0.1) is 40.4 Å². The van der Waals surface area contributed by atoms with E-state index in [-0.39, 0.29) is 23.7 Å². The number of aliphatic hydroxyl groups excluding tert-OH is 2. The molecule has 138 valence electrons. The Kier molecular flexibility index (Phi) is 4.10. The Bertz CT molecular complexity index is 494. The lowest BCUT2D eigenvalue weighted by Crippen LogP contribution is -2.61. The van der Waals surface area contributed by atoms with Crippen LogP contribution in [0.2, 0.25) is 0 Å². The molecule has 0 aromatic rings. The molecule has 0 amide bonds. The van der Waals surface area contributed by atoms with Crippen molar-refractivity contribution in [3.8, 4) is 0 Å². The second kappa shape index (κ2) is 5.69. The Morgan fingerprint density at radius 2 is 1.79 bits per heavy atom. The predicted octanol–water partition coefficient (Wildman–Crippen LogP) is 3.32. The smallest absolute Gasteiger partial charge is 0.0545 e. The first-order valence-corrected chi connectivity index (χ1v) is 10.4. The molecule has 0 aromatic carbocycles. The van der Waals surface area contributed by atoms with Crippen LogP contribution < -0.4 is 5.73 Å². The Morgan fingerprint density at radius 3 is 2.50 bits per heavy atom. The van der Waals surface area contributed by atoms with Gasteiger partial charge in [-0.1, -0.05) is 13.8 Å². The van der Waals surface area contributed by atoms with Crippen LogP contribution in [0.15, 0.2) is 0 Å². The van der Waals surface area contributed by atoms with Crippen molar-refractivity contribution < 1.29 is 10.2 Å². The number of aliphatic hydroxyl groups is 2. The average Bonchev–Trinajstić information content (AvgIpc) is 2.84. The van der Waals surface area contributed by atoms with Crippen molar-refractivity contribution in [3.63, 3.8) is 0 Å². The Morgan fingerprint density at radius 1 is 1.04 bits per heavy atom. The second-order valence-corrected chi connectivity index (χ2v) is 10.3. The minimum atomic E-state index is -0.208. The Labute approximate surface area is 147 Å². The third-order valence-corrected chi connectivity index (χ3v) is 9.30. The summed E-state index contributed by atoms with van der Waals surface area (Å²) in [7, 11) is 0. The van der Waals surface area contributed by atoms with E-state index in [1.807, 2.05) is 6.92 Å². The summed E-state index contributed by atoms with van der Waals surface area (Å²) in [5.41, 5.74) is 7.43. The van der Waals surface area contributed by atoms with Gasteiger partial charge in [0.25, 0.3) is 0 Å². The molecule has 3 heteroatoms. The minimum absolute atomic E-state index is 0.0872. The highest BCUT2D eigenvalue weighted by Crippen LogP contribution is 2.67. The van der Waals surface area contributed by atoms with Crippen LogP contribution in [0.4, 0.5) is 0 Å². The standard InChI is InChI=1S/C21H37NO2/c1-12(23)16-6-7-17-15-5-4-13-10-14(24)8-9-20(13,2)19(15)18(22)11-21(16,17)3/h12-19,23-24H,4-11,22H2,1-3H3/t12?,13?,14-,15?,16?,17?,18?,19?,20?,21?/m1/s1. The molecule has 4 aliphatic rings. The molecule has 0 aromatic heterocycles. The van der Waals surface area contributed by atoms with Gasteiger partial charge in [0.1, 0.15) is 0 Å². The molecule has 0 bridgehead atoms. The molecule has 10 atom stereocenters. The maximum absolute atomic E-state index is 10.3. The van der Waals surface area contributed by atoms with Gasteiger partial charge in [-0.3, -0.25) is 0 Å². The first-order valence-electron chi connectivity index (χ1n) is 10.4. The number of hydrogen-bond donors (Lipinski definition) is 3. The largest absolute Gasteiger partial charge is 0.393 e. The van der Waals surface area contributed by atoms with E-state index in [2.05, 4.69) is 13.8 Å². The van der Waals surface area contributed by atoms with Crippen molar-refractivity contribution in [2.45, 2.75) is 90.4 Å². The van der Waals surface area contributed by atoms with E-state index in [9.17, 15) is 10.2 Å². The molecule has 0 radical (unpaired) electrons. The molecule has 4 aliphatic carbocycles. The average molecular weight is 336 g/mol. The van der Waals surface area contributed by atoms with Crippen molar-refractivity contribution in [1.82, 2.24) is 0 Å². The molecular formula is C21H37NO2. The molecule has 4 saturated carbocycles. The molecule has 3 nitrogen and oxygen atoms in total. The van der Waals surface area contributed by atoms with Crippen LogP contribution >= 0.6 is 0 Å².